The van der Waals surface area contributed by atoms with Gasteiger partial charge in [0.25, 0.3) is 5.91 Å². The van der Waals surface area contributed by atoms with Gasteiger partial charge >= 0.3 is 35.5 Å². The van der Waals surface area contributed by atoms with Crippen LogP contribution in [0, 0.1) is 0 Å². The molecule has 2 rings (SSSR count). The molecule has 1 aliphatic rings. The Balaban J connectivity index is 0.00000144. The molecule has 0 aliphatic carbocycles. The molecule has 5 nitrogen and oxygen atoms in total. The zero-order chi connectivity index (χ0) is 11.5. The molecule has 1 amide bonds. The van der Waals surface area contributed by atoms with E-state index in [1.165, 1.54) is 23.9 Å². The van der Waals surface area contributed by atoms with Crippen molar-refractivity contribution in [3.05, 3.63) is 35.4 Å². The van der Waals surface area contributed by atoms with Gasteiger partial charge in [0.2, 0.25) is 0 Å². The summed E-state index contributed by atoms with van der Waals surface area (Å²) in [7, 11) is 0. The van der Waals surface area contributed by atoms with Crippen LogP contribution in [0.2, 0.25) is 0 Å². The van der Waals surface area contributed by atoms with E-state index in [0.29, 0.717) is 10.8 Å². The van der Waals surface area contributed by atoms with Crippen LogP contribution >= 0.6 is 11.8 Å². The summed E-state index contributed by atoms with van der Waals surface area (Å²) < 4.78 is 0. The zero-order valence-electron chi connectivity index (χ0n) is 8.14. The van der Waals surface area contributed by atoms with Gasteiger partial charge in [0.1, 0.15) is 5.04 Å². The van der Waals surface area contributed by atoms with E-state index in [1.54, 1.807) is 12.1 Å². The molecule has 0 saturated carbocycles. The molecule has 7 heteroatoms. The number of nitrogens with zero attached hydrogens (tertiary/aromatic N) is 1. The van der Waals surface area contributed by atoms with Crippen molar-refractivity contribution in [2.45, 2.75) is 0 Å². The Morgan fingerprint density at radius 2 is 2.00 bits per heavy atom. The summed E-state index contributed by atoms with van der Waals surface area (Å²) in [5.41, 5.74) is 3.41. The van der Waals surface area contributed by atoms with Gasteiger partial charge in [-0.2, -0.15) is 5.10 Å². The number of benzene rings is 1. The summed E-state index contributed by atoms with van der Waals surface area (Å²) in [6.07, 6.45) is 0. The summed E-state index contributed by atoms with van der Waals surface area (Å²) in [6, 6.07) is 6.37. The summed E-state index contributed by atoms with van der Waals surface area (Å²) >= 11 is 1.33. The molecule has 2 N–H and O–H groups in total. The Morgan fingerprint density at radius 1 is 1.35 bits per heavy atom. The molecular weight excluding hydrogens is 251 g/mol. The van der Waals surface area contributed by atoms with Crippen molar-refractivity contribution in [2.75, 3.05) is 5.75 Å². The van der Waals surface area contributed by atoms with Crippen molar-refractivity contribution in [1.29, 1.82) is 0 Å². The maximum atomic E-state index is 10.9. The molecule has 1 aromatic carbocycles. The third kappa shape index (κ3) is 3.57. The van der Waals surface area contributed by atoms with E-state index < -0.39 is 5.97 Å². The van der Waals surface area contributed by atoms with Gasteiger partial charge in [-0.05, 0) is 12.1 Å². The second-order valence-electron chi connectivity index (χ2n) is 3.12. The van der Waals surface area contributed by atoms with Crippen molar-refractivity contribution in [2.24, 2.45) is 5.10 Å². The van der Waals surface area contributed by atoms with Gasteiger partial charge in [-0.1, -0.05) is 23.9 Å². The molecule has 0 atom stereocenters. The van der Waals surface area contributed by atoms with Gasteiger partial charge in [0.05, 0.1) is 11.3 Å². The summed E-state index contributed by atoms with van der Waals surface area (Å²) in [6.45, 7) is 0. The number of carboxylic acids is 1. The second-order valence-corrected chi connectivity index (χ2v) is 4.09. The number of hydrazone groups is 1. The fraction of sp³-hybridized carbons (Fsp3) is 0.100. The molecule has 0 saturated heterocycles. The van der Waals surface area contributed by atoms with Crippen LogP contribution in [0.4, 0.5) is 0 Å². The number of rotatable bonds is 2. The molecule has 17 heavy (non-hydrogen) atoms. The SMILES string of the molecule is O=C1CSC(c2ccc(C(=O)O)cc2)=NN1.[NaH]. The van der Waals surface area contributed by atoms with E-state index in [4.69, 9.17) is 5.11 Å². The number of hydrogen-bond donors (Lipinski definition) is 2. The monoisotopic (exact) mass is 260 g/mol. The Morgan fingerprint density at radius 3 is 2.47 bits per heavy atom. The van der Waals surface area contributed by atoms with E-state index in [-0.39, 0.29) is 41.0 Å². The second kappa shape index (κ2) is 6.20. The zero-order valence-corrected chi connectivity index (χ0v) is 8.95. The van der Waals surface area contributed by atoms with E-state index >= 15 is 0 Å². The van der Waals surface area contributed by atoms with Crippen LogP contribution in [0.25, 0.3) is 0 Å². The number of amides is 1. The first-order valence-electron chi connectivity index (χ1n) is 4.50. The third-order valence-corrected chi connectivity index (χ3v) is 3.01. The number of aromatic carboxylic acids is 1. The Kier molecular flexibility index (Phi) is 5.20. The number of thioether (sulfide) groups is 1. The summed E-state index contributed by atoms with van der Waals surface area (Å²) in [4.78, 5) is 21.5. The van der Waals surface area contributed by atoms with Gasteiger partial charge in [0.15, 0.2) is 0 Å². The van der Waals surface area contributed by atoms with E-state index in [9.17, 15) is 9.59 Å². The van der Waals surface area contributed by atoms with Crippen molar-refractivity contribution in [3.63, 3.8) is 0 Å². The van der Waals surface area contributed by atoms with Crippen LogP contribution in [0.3, 0.4) is 0 Å². The first kappa shape index (κ1) is 14.2. The molecule has 1 aromatic rings. The average Bonchev–Trinajstić information content (AvgIpc) is 2.30. The van der Waals surface area contributed by atoms with Gasteiger partial charge in [0, 0.05) is 5.56 Å². The van der Waals surface area contributed by atoms with Crippen LogP contribution in [-0.2, 0) is 4.79 Å². The van der Waals surface area contributed by atoms with Crippen molar-refractivity contribution >= 4 is 58.2 Å². The first-order valence-corrected chi connectivity index (χ1v) is 5.48. The standard InChI is InChI=1S/C10H8N2O3S.Na.H/c13-8-5-16-9(12-11-8)6-1-3-7(4-2-6)10(14)15;;/h1-4H,5H2,(H,11,13)(H,14,15);;. The number of hydrogen-bond acceptors (Lipinski definition) is 4. The van der Waals surface area contributed by atoms with E-state index in [2.05, 4.69) is 10.5 Å². The molecule has 1 aliphatic heterocycles. The Bertz CT molecular complexity index is 473. The topological polar surface area (TPSA) is 78.8 Å². The van der Waals surface area contributed by atoms with Crippen LogP contribution in [0.5, 0.6) is 0 Å². The normalized spacial score (nSPS) is 14.4. The van der Waals surface area contributed by atoms with Crippen LogP contribution in [0.15, 0.2) is 29.4 Å². The van der Waals surface area contributed by atoms with Gasteiger partial charge < -0.3 is 5.11 Å². The maximum absolute atomic E-state index is 10.9. The van der Waals surface area contributed by atoms with Crippen molar-refractivity contribution in [1.82, 2.24) is 5.43 Å². The quantitative estimate of drug-likeness (QED) is 0.748. The van der Waals surface area contributed by atoms with Crippen LogP contribution < -0.4 is 5.43 Å². The Labute approximate surface area is 124 Å². The summed E-state index contributed by atoms with van der Waals surface area (Å²) in [5, 5.41) is 13.3. The molecule has 1 heterocycles. The number of carbonyl (C=O) groups excluding carboxylic acids is 1. The minimum atomic E-state index is -0.960. The molecule has 0 spiro atoms. The Hall–Kier alpha value is -0.820. The molecule has 0 aromatic heterocycles. The number of nitrogens with one attached hydrogen (secondary N) is 1. The average molecular weight is 260 g/mol. The molecule has 0 bridgehead atoms. The predicted molar refractivity (Wildman–Crippen MR) is 67.7 cm³/mol. The molecule has 0 radical (unpaired) electrons. The number of carbonyl (C=O) groups is 2. The van der Waals surface area contributed by atoms with Gasteiger partial charge in [-0.3, -0.25) is 4.79 Å². The fourth-order valence-corrected chi connectivity index (χ4v) is 1.96. The van der Waals surface area contributed by atoms with Gasteiger partial charge in [-0.15, -0.1) is 0 Å². The summed E-state index contributed by atoms with van der Waals surface area (Å²) in [5.74, 6) is -0.756. The number of carboxylic acid groups (broad SMARTS) is 1. The fourth-order valence-electron chi connectivity index (χ4n) is 1.21. The molecule has 84 valence electrons. The van der Waals surface area contributed by atoms with Gasteiger partial charge in [-0.25, -0.2) is 10.2 Å². The minimum absolute atomic E-state index is 0. The van der Waals surface area contributed by atoms with E-state index in [1.807, 2.05) is 0 Å². The van der Waals surface area contributed by atoms with Crippen molar-refractivity contribution < 1.29 is 14.7 Å². The van der Waals surface area contributed by atoms with Crippen LogP contribution in [0.1, 0.15) is 15.9 Å². The molecule has 0 fully saturated rings. The first-order chi connectivity index (χ1) is 7.66. The van der Waals surface area contributed by atoms with E-state index in [0.717, 1.165) is 5.56 Å². The third-order valence-electron chi connectivity index (χ3n) is 2.00. The van der Waals surface area contributed by atoms with Crippen LogP contribution in [-0.4, -0.2) is 57.3 Å². The predicted octanol–water partition coefficient (Wildman–Crippen LogP) is 0.261. The van der Waals surface area contributed by atoms with Crippen molar-refractivity contribution in [3.8, 4) is 0 Å². The molecule has 0 unspecified atom stereocenters. The molecular formula is C10H9N2NaO3S.